The lowest BCUT2D eigenvalue weighted by Crippen LogP contribution is -2.50. The van der Waals surface area contributed by atoms with Crippen molar-refractivity contribution in [1.29, 1.82) is 0 Å². The molecule has 154 valence electrons. The summed E-state index contributed by atoms with van der Waals surface area (Å²) in [5, 5.41) is 3.53. The van der Waals surface area contributed by atoms with Gasteiger partial charge < -0.3 is 19.7 Å². The minimum atomic E-state index is 0. The van der Waals surface area contributed by atoms with Gasteiger partial charge in [-0.2, -0.15) is 0 Å². The van der Waals surface area contributed by atoms with Gasteiger partial charge in [0.2, 0.25) is 0 Å². The van der Waals surface area contributed by atoms with Crippen LogP contribution in [0, 0.1) is 11.3 Å². The number of ether oxygens (including phenoxy) is 2. The van der Waals surface area contributed by atoms with Crippen LogP contribution in [0.25, 0.3) is 0 Å². The van der Waals surface area contributed by atoms with Crippen LogP contribution in [-0.4, -0.2) is 64.0 Å². The highest BCUT2D eigenvalue weighted by Crippen LogP contribution is 2.33. The minimum absolute atomic E-state index is 0. The van der Waals surface area contributed by atoms with E-state index in [1.807, 2.05) is 7.05 Å². The molecule has 0 aliphatic carbocycles. The van der Waals surface area contributed by atoms with Gasteiger partial charge in [-0.15, -0.1) is 24.0 Å². The van der Waals surface area contributed by atoms with Gasteiger partial charge in [-0.1, -0.05) is 20.3 Å². The average molecular weight is 481 g/mol. The van der Waals surface area contributed by atoms with E-state index in [2.05, 4.69) is 29.1 Å². The van der Waals surface area contributed by atoms with Gasteiger partial charge >= 0.3 is 0 Å². The first kappa shape index (κ1) is 24.0. The molecule has 1 atom stereocenters. The lowest BCUT2D eigenvalue weighted by molar-refractivity contribution is 0.0203. The Morgan fingerprint density at radius 3 is 2.81 bits per heavy atom. The lowest BCUT2D eigenvalue weighted by Gasteiger charge is -2.42. The molecule has 2 saturated heterocycles. The zero-order valence-electron chi connectivity index (χ0n) is 17.1. The van der Waals surface area contributed by atoms with Gasteiger partial charge in [0.15, 0.2) is 5.96 Å². The van der Waals surface area contributed by atoms with E-state index >= 15 is 0 Å². The highest BCUT2D eigenvalue weighted by atomic mass is 127. The molecule has 5 nitrogen and oxygen atoms in total. The summed E-state index contributed by atoms with van der Waals surface area (Å²) in [6, 6.07) is 0. The van der Waals surface area contributed by atoms with Gasteiger partial charge in [0.05, 0.1) is 0 Å². The number of rotatable bonds is 8. The third-order valence-electron chi connectivity index (χ3n) is 5.59. The van der Waals surface area contributed by atoms with Gasteiger partial charge in [-0.05, 0) is 49.9 Å². The maximum Gasteiger partial charge on any atom is 0.193 e. The second-order valence-corrected chi connectivity index (χ2v) is 8.04. The molecule has 0 aromatic rings. The van der Waals surface area contributed by atoms with E-state index in [1.54, 1.807) is 0 Å². The Morgan fingerprint density at radius 2 is 2.12 bits per heavy atom. The fourth-order valence-electron chi connectivity index (χ4n) is 4.17. The number of hydrogen-bond donors (Lipinski definition) is 1. The Kier molecular flexibility index (Phi) is 12.1. The maximum atomic E-state index is 5.85. The van der Waals surface area contributed by atoms with E-state index in [-0.39, 0.29) is 24.0 Å². The molecule has 1 N–H and O–H groups in total. The Hall–Kier alpha value is -0.0800. The number of nitrogens with one attached hydrogen (secondary N) is 1. The number of guanidine groups is 1. The largest absolute Gasteiger partial charge is 0.381 e. The standard InChI is InChI=1S/C20H39N3O2.HI/c1-4-9-20(2)10-5-12-23(17-20)19(21-3)22-11-6-13-25-16-18-7-14-24-15-8-18;/h18H,4-17H2,1-3H3,(H,21,22);1H. The molecule has 0 bridgehead atoms. The monoisotopic (exact) mass is 481 g/mol. The van der Waals surface area contributed by atoms with Crippen LogP contribution in [0.1, 0.15) is 58.8 Å². The van der Waals surface area contributed by atoms with E-state index in [1.165, 1.54) is 25.7 Å². The van der Waals surface area contributed by atoms with Crippen LogP contribution in [0.5, 0.6) is 0 Å². The zero-order chi connectivity index (χ0) is 18.0. The highest BCUT2D eigenvalue weighted by molar-refractivity contribution is 14.0. The van der Waals surface area contributed by atoms with Crippen LogP contribution >= 0.6 is 24.0 Å². The summed E-state index contributed by atoms with van der Waals surface area (Å²) in [5.74, 6) is 1.76. The molecule has 2 aliphatic rings. The number of halogens is 1. The summed E-state index contributed by atoms with van der Waals surface area (Å²) in [4.78, 5) is 6.95. The second kappa shape index (κ2) is 13.2. The molecule has 26 heavy (non-hydrogen) atoms. The molecule has 2 fully saturated rings. The summed E-state index contributed by atoms with van der Waals surface area (Å²) in [5.41, 5.74) is 0.442. The first-order valence-electron chi connectivity index (χ1n) is 10.3. The lowest BCUT2D eigenvalue weighted by atomic mass is 9.78. The van der Waals surface area contributed by atoms with Crippen molar-refractivity contribution in [2.24, 2.45) is 16.3 Å². The van der Waals surface area contributed by atoms with Gasteiger partial charge in [0, 0.05) is 53.1 Å². The van der Waals surface area contributed by atoms with Crippen LogP contribution in [0.3, 0.4) is 0 Å². The SMILES string of the molecule is CCCC1(C)CCCN(C(=NC)NCCCOCC2CCOCC2)C1.I. The van der Waals surface area contributed by atoms with Crippen molar-refractivity contribution in [3.8, 4) is 0 Å². The second-order valence-electron chi connectivity index (χ2n) is 8.04. The van der Waals surface area contributed by atoms with Crippen molar-refractivity contribution in [2.75, 3.05) is 53.1 Å². The Balaban J connectivity index is 0.00000338. The molecule has 0 aromatic carbocycles. The number of piperidine rings is 1. The molecule has 0 radical (unpaired) electrons. The van der Waals surface area contributed by atoms with Gasteiger partial charge in [0.1, 0.15) is 0 Å². The van der Waals surface area contributed by atoms with E-state index in [0.29, 0.717) is 11.3 Å². The topological polar surface area (TPSA) is 46.1 Å². The van der Waals surface area contributed by atoms with E-state index in [0.717, 1.165) is 71.3 Å². The summed E-state index contributed by atoms with van der Waals surface area (Å²) in [6.45, 7) is 11.4. The van der Waals surface area contributed by atoms with Gasteiger partial charge in [-0.25, -0.2) is 0 Å². The number of hydrogen-bond acceptors (Lipinski definition) is 3. The van der Waals surface area contributed by atoms with Crippen molar-refractivity contribution in [1.82, 2.24) is 10.2 Å². The maximum absolute atomic E-state index is 5.85. The summed E-state index contributed by atoms with van der Waals surface area (Å²) >= 11 is 0. The van der Waals surface area contributed by atoms with Gasteiger partial charge in [0.25, 0.3) is 0 Å². The molecule has 0 aromatic heterocycles. The smallest absolute Gasteiger partial charge is 0.193 e. The first-order chi connectivity index (χ1) is 12.2. The van der Waals surface area contributed by atoms with Crippen molar-refractivity contribution >= 4 is 29.9 Å². The zero-order valence-corrected chi connectivity index (χ0v) is 19.4. The number of nitrogens with zero attached hydrogens (tertiary/aromatic N) is 2. The molecule has 0 saturated carbocycles. The predicted molar refractivity (Wildman–Crippen MR) is 120 cm³/mol. The van der Waals surface area contributed by atoms with Crippen LogP contribution < -0.4 is 5.32 Å². The Labute approximate surface area is 177 Å². The van der Waals surface area contributed by atoms with Crippen molar-refractivity contribution in [3.05, 3.63) is 0 Å². The normalized spacial score (nSPS) is 25.0. The summed E-state index contributed by atoms with van der Waals surface area (Å²) in [7, 11) is 1.90. The summed E-state index contributed by atoms with van der Waals surface area (Å²) < 4.78 is 11.2. The molecular formula is C20H40IN3O2. The molecule has 2 rings (SSSR count). The molecule has 0 spiro atoms. The fraction of sp³-hybridized carbons (Fsp3) is 0.950. The first-order valence-corrected chi connectivity index (χ1v) is 10.3. The number of aliphatic imine (C=N–C) groups is 1. The average Bonchev–Trinajstić information content (AvgIpc) is 2.62. The van der Waals surface area contributed by atoms with Crippen molar-refractivity contribution in [2.45, 2.75) is 58.8 Å². The molecular weight excluding hydrogens is 441 g/mol. The predicted octanol–water partition coefficient (Wildman–Crippen LogP) is 3.92. The molecule has 1 unspecified atom stereocenters. The highest BCUT2D eigenvalue weighted by Gasteiger charge is 2.31. The van der Waals surface area contributed by atoms with E-state index in [4.69, 9.17) is 9.47 Å². The van der Waals surface area contributed by atoms with Crippen LogP contribution in [0.2, 0.25) is 0 Å². The van der Waals surface area contributed by atoms with E-state index in [9.17, 15) is 0 Å². The summed E-state index contributed by atoms with van der Waals surface area (Å²) in [6.07, 6.45) is 8.51. The van der Waals surface area contributed by atoms with Crippen LogP contribution in [0.15, 0.2) is 4.99 Å². The van der Waals surface area contributed by atoms with Crippen molar-refractivity contribution < 1.29 is 9.47 Å². The Bertz CT molecular complexity index is 399. The third kappa shape index (κ3) is 8.30. The molecule has 2 aliphatic heterocycles. The number of likely N-dealkylation sites (tertiary alicyclic amines) is 1. The minimum Gasteiger partial charge on any atom is -0.381 e. The van der Waals surface area contributed by atoms with E-state index < -0.39 is 0 Å². The van der Waals surface area contributed by atoms with Crippen molar-refractivity contribution in [3.63, 3.8) is 0 Å². The third-order valence-corrected chi connectivity index (χ3v) is 5.59. The van der Waals surface area contributed by atoms with Crippen LogP contribution in [-0.2, 0) is 9.47 Å². The fourth-order valence-corrected chi connectivity index (χ4v) is 4.17. The van der Waals surface area contributed by atoms with Crippen LogP contribution in [0.4, 0.5) is 0 Å². The molecule has 2 heterocycles. The Morgan fingerprint density at radius 1 is 1.35 bits per heavy atom. The quantitative estimate of drug-likeness (QED) is 0.247. The molecule has 6 heteroatoms. The van der Waals surface area contributed by atoms with Gasteiger partial charge in [-0.3, -0.25) is 4.99 Å². The molecule has 0 amide bonds.